The summed E-state index contributed by atoms with van der Waals surface area (Å²) in [5.41, 5.74) is 4.79. The minimum Gasteiger partial charge on any atom is -0.452 e. The normalized spacial score (nSPS) is 12.5. The zero-order valence-corrected chi connectivity index (χ0v) is 18.6. The number of pyridine rings is 1. The van der Waals surface area contributed by atoms with E-state index >= 15 is 0 Å². The highest BCUT2D eigenvalue weighted by molar-refractivity contribution is 6.01. The Morgan fingerprint density at radius 3 is 2.71 bits per heavy atom. The van der Waals surface area contributed by atoms with Gasteiger partial charge in [-0.1, -0.05) is 24.3 Å². The van der Waals surface area contributed by atoms with Gasteiger partial charge in [0.25, 0.3) is 5.91 Å². The molecule has 0 atom stereocenters. The number of rotatable bonds is 5. The third kappa shape index (κ3) is 3.77. The first-order valence-corrected chi connectivity index (χ1v) is 10.7. The SMILES string of the molecule is Cc1nn(C)cc1-c1ccc(CN2Cc3cccc(Oc4c(F)cccc4C#N)c3C2=O)cn1. The second-order valence-corrected chi connectivity index (χ2v) is 8.14. The number of hydrogen-bond donors (Lipinski definition) is 0. The number of aromatic nitrogens is 3. The van der Waals surface area contributed by atoms with Gasteiger partial charge in [-0.2, -0.15) is 10.4 Å². The van der Waals surface area contributed by atoms with Gasteiger partial charge in [0.05, 0.1) is 22.5 Å². The molecule has 2 aromatic heterocycles. The average Bonchev–Trinajstić information content (AvgIpc) is 3.34. The Hall–Kier alpha value is -4.51. The molecule has 0 N–H and O–H groups in total. The number of halogens is 1. The van der Waals surface area contributed by atoms with E-state index in [1.165, 1.54) is 18.2 Å². The van der Waals surface area contributed by atoms with Crippen molar-refractivity contribution in [2.24, 2.45) is 7.05 Å². The van der Waals surface area contributed by atoms with Crippen LogP contribution < -0.4 is 4.74 Å². The molecular weight excluding hydrogens is 433 g/mol. The average molecular weight is 453 g/mol. The molecule has 0 aliphatic carbocycles. The number of aryl methyl sites for hydroxylation is 2. The van der Waals surface area contributed by atoms with Gasteiger partial charge in [0.15, 0.2) is 11.6 Å². The first kappa shape index (κ1) is 21.3. The van der Waals surface area contributed by atoms with Gasteiger partial charge < -0.3 is 9.64 Å². The van der Waals surface area contributed by atoms with E-state index in [2.05, 4.69) is 10.1 Å². The zero-order valence-electron chi connectivity index (χ0n) is 18.6. The van der Waals surface area contributed by atoms with Crippen molar-refractivity contribution < 1.29 is 13.9 Å². The van der Waals surface area contributed by atoms with E-state index in [0.717, 1.165) is 28.1 Å². The molecule has 0 saturated heterocycles. The molecule has 7 nitrogen and oxygen atoms in total. The highest BCUT2D eigenvalue weighted by Crippen LogP contribution is 2.36. The quantitative estimate of drug-likeness (QED) is 0.435. The maximum atomic E-state index is 14.3. The van der Waals surface area contributed by atoms with Gasteiger partial charge in [0.2, 0.25) is 0 Å². The van der Waals surface area contributed by atoms with Gasteiger partial charge in [0, 0.05) is 38.1 Å². The number of carbonyl (C=O) groups excluding carboxylic acids is 1. The van der Waals surface area contributed by atoms with Crippen molar-refractivity contribution in [2.45, 2.75) is 20.0 Å². The zero-order chi connectivity index (χ0) is 23.8. The fourth-order valence-electron chi connectivity index (χ4n) is 4.16. The van der Waals surface area contributed by atoms with E-state index in [1.807, 2.05) is 44.4 Å². The van der Waals surface area contributed by atoms with Crippen LogP contribution in [-0.4, -0.2) is 25.6 Å². The molecular formula is C26H20FN5O2. The summed E-state index contributed by atoms with van der Waals surface area (Å²) in [6.07, 6.45) is 3.68. The van der Waals surface area contributed by atoms with Crippen LogP contribution in [0.15, 0.2) is 60.9 Å². The van der Waals surface area contributed by atoms with Crippen LogP contribution in [0.5, 0.6) is 11.5 Å². The maximum Gasteiger partial charge on any atom is 0.258 e. The Kier molecular flexibility index (Phi) is 5.30. The lowest BCUT2D eigenvalue weighted by Gasteiger charge is -2.16. The predicted molar refractivity (Wildman–Crippen MR) is 122 cm³/mol. The largest absolute Gasteiger partial charge is 0.452 e. The number of amides is 1. The lowest BCUT2D eigenvalue weighted by atomic mass is 10.1. The molecule has 8 heteroatoms. The van der Waals surface area contributed by atoms with Crippen LogP contribution in [0.3, 0.4) is 0 Å². The number of benzene rings is 2. The van der Waals surface area contributed by atoms with Gasteiger partial charge in [-0.05, 0) is 42.3 Å². The van der Waals surface area contributed by atoms with Crippen molar-refractivity contribution >= 4 is 5.91 Å². The molecule has 5 rings (SSSR count). The minimum atomic E-state index is -0.658. The second-order valence-electron chi connectivity index (χ2n) is 8.14. The lowest BCUT2D eigenvalue weighted by Crippen LogP contribution is -2.23. The molecule has 1 aliphatic rings. The minimum absolute atomic E-state index is 0.0647. The standard InChI is InChI=1S/C26H20FN5O2/c1-16-20(15-31(2)30-16)22-10-9-17(12-29-22)13-32-14-19-6-4-8-23(24(19)26(32)33)34-25-18(11-28)5-3-7-21(25)27/h3-10,12,15H,13-14H2,1-2H3. The van der Waals surface area contributed by atoms with E-state index in [0.29, 0.717) is 18.7 Å². The summed E-state index contributed by atoms with van der Waals surface area (Å²) >= 11 is 0. The molecule has 0 radical (unpaired) electrons. The summed E-state index contributed by atoms with van der Waals surface area (Å²) in [5.74, 6) is -0.830. The van der Waals surface area contributed by atoms with Crippen molar-refractivity contribution in [1.29, 1.82) is 5.26 Å². The van der Waals surface area contributed by atoms with Crippen LogP contribution in [0.25, 0.3) is 11.3 Å². The van der Waals surface area contributed by atoms with E-state index < -0.39 is 5.82 Å². The Bertz CT molecular complexity index is 1450. The molecule has 0 fully saturated rings. The third-order valence-corrected chi connectivity index (χ3v) is 5.76. The fraction of sp³-hybridized carbons (Fsp3) is 0.154. The Morgan fingerprint density at radius 1 is 1.18 bits per heavy atom. The van der Waals surface area contributed by atoms with Crippen molar-refractivity contribution in [3.63, 3.8) is 0 Å². The molecule has 0 bridgehead atoms. The summed E-state index contributed by atoms with van der Waals surface area (Å²) < 4.78 is 21.8. The van der Waals surface area contributed by atoms with Crippen LogP contribution in [-0.2, 0) is 20.1 Å². The maximum absolute atomic E-state index is 14.3. The number of ether oxygens (including phenoxy) is 1. The van der Waals surface area contributed by atoms with E-state index in [9.17, 15) is 14.4 Å². The summed E-state index contributed by atoms with van der Waals surface area (Å²) in [7, 11) is 1.87. The third-order valence-electron chi connectivity index (χ3n) is 5.76. The Morgan fingerprint density at radius 2 is 2.00 bits per heavy atom. The smallest absolute Gasteiger partial charge is 0.258 e. The van der Waals surface area contributed by atoms with Crippen LogP contribution in [0.4, 0.5) is 4.39 Å². The van der Waals surface area contributed by atoms with Crippen LogP contribution in [0.1, 0.15) is 32.7 Å². The highest BCUT2D eigenvalue weighted by atomic mass is 19.1. The number of nitrogens with zero attached hydrogens (tertiary/aromatic N) is 5. The van der Waals surface area contributed by atoms with Crippen molar-refractivity contribution in [1.82, 2.24) is 19.7 Å². The van der Waals surface area contributed by atoms with Gasteiger partial charge >= 0.3 is 0 Å². The van der Waals surface area contributed by atoms with E-state index in [1.54, 1.807) is 27.9 Å². The number of para-hydroxylation sites is 1. The Balaban J connectivity index is 1.37. The molecule has 1 amide bonds. The van der Waals surface area contributed by atoms with Crippen LogP contribution >= 0.6 is 0 Å². The summed E-state index contributed by atoms with van der Waals surface area (Å²) in [6, 6.07) is 15.1. The molecule has 1 aliphatic heterocycles. The number of carbonyl (C=O) groups is 1. The molecule has 4 aromatic rings. The molecule has 2 aromatic carbocycles. The van der Waals surface area contributed by atoms with E-state index in [4.69, 9.17) is 4.74 Å². The van der Waals surface area contributed by atoms with Crippen molar-refractivity contribution in [3.8, 4) is 28.8 Å². The molecule has 0 unspecified atom stereocenters. The predicted octanol–water partition coefficient (Wildman–Crippen LogP) is 4.75. The summed E-state index contributed by atoms with van der Waals surface area (Å²) in [4.78, 5) is 19.5. The molecule has 3 heterocycles. The van der Waals surface area contributed by atoms with Gasteiger partial charge in [0.1, 0.15) is 11.8 Å². The molecule has 168 valence electrons. The fourth-order valence-corrected chi connectivity index (χ4v) is 4.16. The Labute approximate surface area is 195 Å². The van der Waals surface area contributed by atoms with E-state index in [-0.39, 0.29) is 23.0 Å². The molecule has 0 spiro atoms. The first-order valence-electron chi connectivity index (χ1n) is 10.7. The first-order chi connectivity index (χ1) is 16.4. The summed E-state index contributed by atoms with van der Waals surface area (Å²) in [5, 5.41) is 13.6. The number of fused-ring (bicyclic) bond motifs is 1. The molecule has 34 heavy (non-hydrogen) atoms. The number of nitriles is 1. The van der Waals surface area contributed by atoms with Crippen LogP contribution in [0.2, 0.25) is 0 Å². The number of hydrogen-bond acceptors (Lipinski definition) is 5. The topological polar surface area (TPSA) is 84.0 Å². The van der Waals surface area contributed by atoms with Crippen LogP contribution in [0, 0.1) is 24.1 Å². The second kappa shape index (κ2) is 8.45. The van der Waals surface area contributed by atoms with Gasteiger partial charge in [-0.25, -0.2) is 4.39 Å². The lowest BCUT2D eigenvalue weighted by molar-refractivity contribution is 0.0764. The van der Waals surface area contributed by atoms with Crippen molar-refractivity contribution in [2.75, 3.05) is 0 Å². The van der Waals surface area contributed by atoms with Gasteiger partial charge in [-0.3, -0.25) is 14.5 Å². The van der Waals surface area contributed by atoms with Gasteiger partial charge in [-0.15, -0.1) is 0 Å². The monoisotopic (exact) mass is 453 g/mol. The van der Waals surface area contributed by atoms with Crippen molar-refractivity contribution in [3.05, 3.63) is 94.7 Å². The highest BCUT2D eigenvalue weighted by Gasteiger charge is 2.31. The molecule has 0 saturated carbocycles. The summed E-state index contributed by atoms with van der Waals surface area (Å²) in [6.45, 7) is 2.71.